The fraction of sp³-hybridized carbons (Fsp3) is 0.500. The quantitative estimate of drug-likeness (QED) is 0.824. The van der Waals surface area contributed by atoms with Gasteiger partial charge in [-0.2, -0.15) is 0 Å². The summed E-state index contributed by atoms with van der Waals surface area (Å²) >= 11 is 0. The molecule has 0 amide bonds. The molecule has 2 rings (SSSR count). The van der Waals surface area contributed by atoms with Crippen LogP contribution in [-0.2, 0) is 6.42 Å². The van der Waals surface area contributed by atoms with Gasteiger partial charge in [0.1, 0.15) is 11.5 Å². The summed E-state index contributed by atoms with van der Waals surface area (Å²) in [5, 5.41) is 0. The Bertz CT molecular complexity index is 459. The van der Waals surface area contributed by atoms with E-state index >= 15 is 0 Å². The zero-order valence-corrected chi connectivity index (χ0v) is 11.0. The Morgan fingerprint density at radius 2 is 2.28 bits per heavy atom. The minimum atomic E-state index is 0.487. The topological polar surface area (TPSA) is 67.8 Å². The predicted octanol–water partition coefficient (Wildman–Crippen LogP) is 2.83. The lowest BCUT2D eigenvalue weighted by Crippen LogP contribution is -2.19. The minimum Gasteiger partial charge on any atom is -0.463 e. The van der Waals surface area contributed by atoms with Crippen molar-refractivity contribution in [1.82, 2.24) is 9.97 Å². The van der Waals surface area contributed by atoms with E-state index in [1.54, 1.807) is 6.26 Å². The molecular weight excluding hydrogens is 226 g/mol. The number of nitrogens with one attached hydrogen (secondary N) is 1. The second-order valence-electron chi connectivity index (χ2n) is 5.16. The second-order valence-corrected chi connectivity index (χ2v) is 5.16. The number of H-pyrrole nitrogens is 1. The van der Waals surface area contributed by atoms with E-state index in [9.17, 15) is 0 Å². The molecule has 0 aliphatic carbocycles. The summed E-state index contributed by atoms with van der Waals surface area (Å²) in [6, 6.07) is 3.79. The predicted molar refractivity (Wildman–Crippen MR) is 72.0 cm³/mol. The van der Waals surface area contributed by atoms with Gasteiger partial charge in [-0.15, -0.1) is 0 Å². The Kier molecular flexibility index (Phi) is 4.20. The molecule has 1 unspecified atom stereocenters. The molecule has 2 aromatic heterocycles. The Balaban J connectivity index is 2.01. The van der Waals surface area contributed by atoms with Crippen LogP contribution in [0.1, 0.15) is 26.1 Å². The van der Waals surface area contributed by atoms with Gasteiger partial charge in [-0.1, -0.05) is 13.8 Å². The summed E-state index contributed by atoms with van der Waals surface area (Å²) in [7, 11) is 0. The second kappa shape index (κ2) is 5.87. The van der Waals surface area contributed by atoms with E-state index in [0.717, 1.165) is 30.1 Å². The standard InChI is InChI=1S/C14H21N3O/c1-10(2)6-11(8-15)7-14-16-9-12(17-14)13-4-3-5-18-13/h3-5,9-11H,6-8,15H2,1-2H3,(H,16,17). The molecule has 0 saturated heterocycles. The SMILES string of the molecule is CC(C)CC(CN)Cc1ncc(-c2ccco2)[nH]1. The lowest BCUT2D eigenvalue weighted by atomic mass is 9.94. The van der Waals surface area contributed by atoms with Gasteiger partial charge in [0.15, 0.2) is 5.76 Å². The average Bonchev–Trinajstić information content (AvgIpc) is 2.97. The first kappa shape index (κ1) is 12.9. The molecule has 18 heavy (non-hydrogen) atoms. The number of imidazole rings is 1. The zero-order valence-electron chi connectivity index (χ0n) is 11.0. The molecule has 2 aromatic rings. The Morgan fingerprint density at radius 1 is 1.44 bits per heavy atom. The highest BCUT2D eigenvalue weighted by Crippen LogP contribution is 2.19. The summed E-state index contributed by atoms with van der Waals surface area (Å²) in [4.78, 5) is 7.69. The first-order valence-electron chi connectivity index (χ1n) is 6.47. The highest BCUT2D eigenvalue weighted by Gasteiger charge is 2.13. The fourth-order valence-electron chi connectivity index (χ4n) is 2.23. The van der Waals surface area contributed by atoms with Gasteiger partial charge in [0.25, 0.3) is 0 Å². The van der Waals surface area contributed by atoms with Crippen molar-refractivity contribution in [3.63, 3.8) is 0 Å². The van der Waals surface area contributed by atoms with Gasteiger partial charge in [-0.05, 0) is 36.9 Å². The fourth-order valence-corrected chi connectivity index (χ4v) is 2.23. The molecular formula is C14H21N3O. The third-order valence-corrected chi connectivity index (χ3v) is 3.04. The highest BCUT2D eigenvalue weighted by molar-refractivity contribution is 5.50. The van der Waals surface area contributed by atoms with Crippen LogP contribution in [0.4, 0.5) is 0 Å². The molecule has 0 radical (unpaired) electrons. The molecule has 4 nitrogen and oxygen atoms in total. The van der Waals surface area contributed by atoms with Crippen LogP contribution in [0, 0.1) is 11.8 Å². The van der Waals surface area contributed by atoms with E-state index in [1.807, 2.05) is 18.3 Å². The molecule has 0 fully saturated rings. The lowest BCUT2D eigenvalue weighted by molar-refractivity contribution is 0.409. The van der Waals surface area contributed by atoms with Gasteiger partial charge in [0, 0.05) is 6.42 Å². The van der Waals surface area contributed by atoms with Crippen LogP contribution < -0.4 is 5.73 Å². The largest absolute Gasteiger partial charge is 0.463 e. The summed E-state index contributed by atoms with van der Waals surface area (Å²) in [6.07, 6.45) is 5.51. The Labute approximate surface area is 108 Å². The van der Waals surface area contributed by atoms with Crippen LogP contribution in [0.15, 0.2) is 29.0 Å². The molecule has 0 aromatic carbocycles. The molecule has 4 heteroatoms. The molecule has 0 bridgehead atoms. The summed E-state index contributed by atoms with van der Waals surface area (Å²) in [6.45, 7) is 5.15. The van der Waals surface area contributed by atoms with Crippen LogP contribution >= 0.6 is 0 Å². The zero-order chi connectivity index (χ0) is 13.0. The van der Waals surface area contributed by atoms with Crippen molar-refractivity contribution in [3.05, 3.63) is 30.4 Å². The van der Waals surface area contributed by atoms with Gasteiger partial charge < -0.3 is 15.1 Å². The summed E-state index contributed by atoms with van der Waals surface area (Å²) in [5.41, 5.74) is 6.74. The minimum absolute atomic E-state index is 0.487. The van der Waals surface area contributed by atoms with Gasteiger partial charge in [0.2, 0.25) is 0 Å². The van der Waals surface area contributed by atoms with E-state index in [4.69, 9.17) is 10.2 Å². The van der Waals surface area contributed by atoms with Crippen molar-refractivity contribution in [2.45, 2.75) is 26.7 Å². The lowest BCUT2D eigenvalue weighted by Gasteiger charge is -2.15. The number of rotatable bonds is 6. The Hall–Kier alpha value is -1.55. The maximum Gasteiger partial charge on any atom is 0.151 e. The van der Waals surface area contributed by atoms with Crippen molar-refractivity contribution >= 4 is 0 Å². The molecule has 1 atom stereocenters. The van der Waals surface area contributed by atoms with E-state index < -0.39 is 0 Å². The number of aromatic amines is 1. The third kappa shape index (κ3) is 3.23. The van der Waals surface area contributed by atoms with Crippen LogP contribution in [0.5, 0.6) is 0 Å². The Morgan fingerprint density at radius 3 is 2.89 bits per heavy atom. The van der Waals surface area contributed by atoms with Crippen LogP contribution in [0.25, 0.3) is 11.5 Å². The number of nitrogens with zero attached hydrogens (tertiary/aromatic N) is 1. The van der Waals surface area contributed by atoms with Crippen molar-refractivity contribution in [3.8, 4) is 11.5 Å². The smallest absolute Gasteiger partial charge is 0.151 e. The maximum atomic E-state index is 5.81. The van der Waals surface area contributed by atoms with E-state index in [2.05, 4.69) is 23.8 Å². The molecule has 0 aliphatic rings. The molecule has 0 saturated carbocycles. The molecule has 3 N–H and O–H groups in total. The van der Waals surface area contributed by atoms with Crippen molar-refractivity contribution in [2.24, 2.45) is 17.6 Å². The average molecular weight is 247 g/mol. The number of hydrogen-bond donors (Lipinski definition) is 2. The van der Waals surface area contributed by atoms with E-state index in [0.29, 0.717) is 18.4 Å². The van der Waals surface area contributed by atoms with Crippen LogP contribution in [0.2, 0.25) is 0 Å². The number of hydrogen-bond acceptors (Lipinski definition) is 3. The number of furan rings is 1. The van der Waals surface area contributed by atoms with Crippen molar-refractivity contribution in [2.75, 3.05) is 6.54 Å². The van der Waals surface area contributed by atoms with E-state index in [1.165, 1.54) is 0 Å². The summed E-state index contributed by atoms with van der Waals surface area (Å²) < 4.78 is 5.33. The third-order valence-electron chi connectivity index (χ3n) is 3.04. The normalized spacial score (nSPS) is 13.1. The van der Waals surface area contributed by atoms with Crippen molar-refractivity contribution < 1.29 is 4.42 Å². The molecule has 2 heterocycles. The van der Waals surface area contributed by atoms with Crippen LogP contribution in [0.3, 0.4) is 0 Å². The molecule has 0 spiro atoms. The molecule has 0 aliphatic heterocycles. The maximum absolute atomic E-state index is 5.81. The van der Waals surface area contributed by atoms with E-state index in [-0.39, 0.29) is 0 Å². The monoisotopic (exact) mass is 247 g/mol. The van der Waals surface area contributed by atoms with Gasteiger partial charge in [0.05, 0.1) is 12.5 Å². The van der Waals surface area contributed by atoms with Crippen LogP contribution in [-0.4, -0.2) is 16.5 Å². The van der Waals surface area contributed by atoms with Gasteiger partial charge in [-0.25, -0.2) is 4.98 Å². The first-order chi connectivity index (χ1) is 8.69. The first-order valence-corrected chi connectivity index (χ1v) is 6.47. The summed E-state index contributed by atoms with van der Waals surface area (Å²) in [5.74, 6) is 2.96. The highest BCUT2D eigenvalue weighted by atomic mass is 16.3. The van der Waals surface area contributed by atoms with Crippen molar-refractivity contribution in [1.29, 1.82) is 0 Å². The van der Waals surface area contributed by atoms with Gasteiger partial charge >= 0.3 is 0 Å². The van der Waals surface area contributed by atoms with Gasteiger partial charge in [-0.3, -0.25) is 0 Å². The molecule has 98 valence electrons. The number of nitrogens with two attached hydrogens (primary N) is 1. The number of aromatic nitrogens is 2.